The van der Waals surface area contributed by atoms with E-state index in [9.17, 15) is 4.79 Å². The maximum atomic E-state index is 10.8. The molecule has 0 bridgehead atoms. The summed E-state index contributed by atoms with van der Waals surface area (Å²) in [6.45, 7) is 3.79. The molecular formula is C10H17NO2. The molecule has 3 nitrogen and oxygen atoms in total. The second-order valence-corrected chi connectivity index (χ2v) is 2.61. The van der Waals surface area contributed by atoms with Crippen LogP contribution in [0.5, 0.6) is 0 Å². The van der Waals surface area contributed by atoms with Crippen molar-refractivity contribution in [1.29, 1.82) is 0 Å². The Morgan fingerprint density at radius 3 is 2.92 bits per heavy atom. The van der Waals surface area contributed by atoms with Gasteiger partial charge in [-0.05, 0) is 19.9 Å². The number of esters is 1. The number of carbonyl (C=O) groups excluding carboxylic acids is 1. The first kappa shape index (κ1) is 12.0. The zero-order valence-electron chi connectivity index (χ0n) is 8.14. The van der Waals surface area contributed by atoms with Crippen molar-refractivity contribution in [2.45, 2.75) is 26.2 Å². The van der Waals surface area contributed by atoms with Crippen LogP contribution in [0, 0.1) is 12.3 Å². The molecule has 0 rings (SSSR count). The zero-order chi connectivity index (χ0) is 9.94. The van der Waals surface area contributed by atoms with Gasteiger partial charge in [0, 0.05) is 13.0 Å². The summed E-state index contributed by atoms with van der Waals surface area (Å²) in [5.41, 5.74) is 0. The molecule has 0 aromatic rings. The molecular weight excluding hydrogens is 166 g/mol. The van der Waals surface area contributed by atoms with Crippen molar-refractivity contribution in [1.82, 2.24) is 5.32 Å². The van der Waals surface area contributed by atoms with Gasteiger partial charge in [0.1, 0.15) is 0 Å². The highest BCUT2D eigenvalue weighted by atomic mass is 16.5. The summed E-state index contributed by atoms with van der Waals surface area (Å²) < 4.78 is 4.76. The average Bonchev–Trinajstić information content (AvgIpc) is 2.11. The van der Waals surface area contributed by atoms with Crippen LogP contribution in [0.1, 0.15) is 26.2 Å². The number of ether oxygens (including phenoxy) is 1. The molecule has 0 saturated heterocycles. The fourth-order valence-electron chi connectivity index (χ4n) is 0.864. The summed E-state index contributed by atoms with van der Waals surface area (Å²) in [5.74, 6) is 2.41. The molecule has 0 fully saturated rings. The van der Waals surface area contributed by atoms with Gasteiger partial charge in [-0.1, -0.05) is 0 Å². The summed E-state index contributed by atoms with van der Waals surface area (Å²) in [6.07, 6.45) is 7.26. The van der Waals surface area contributed by atoms with E-state index in [-0.39, 0.29) is 5.97 Å². The molecule has 0 heterocycles. The molecule has 0 spiro atoms. The van der Waals surface area contributed by atoms with Crippen LogP contribution in [0.4, 0.5) is 0 Å². The smallest absolute Gasteiger partial charge is 0.307 e. The van der Waals surface area contributed by atoms with E-state index in [1.54, 1.807) is 6.92 Å². The van der Waals surface area contributed by atoms with Crippen molar-refractivity contribution in [3.63, 3.8) is 0 Å². The minimum absolute atomic E-state index is 0.146. The van der Waals surface area contributed by atoms with Gasteiger partial charge in [0.2, 0.25) is 0 Å². The maximum absolute atomic E-state index is 10.8. The molecule has 74 valence electrons. The predicted molar refractivity (Wildman–Crippen MR) is 52.2 cm³/mol. The van der Waals surface area contributed by atoms with Crippen LogP contribution in [0.2, 0.25) is 0 Å². The summed E-state index contributed by atoms with van der Waals surface area (Å²) in [4.78, 5) is 10.8. The number of hydrogen-bond donors (Lipinski definition) is 1. The van der Waals surface area contributed by atoms with Gasteiger partial charge in [-0.15, -0.1) is 12.3 Å². The van der Waals surface area contributed by atoms with E-state index in [0.29, 0.717) is 19.6 Å². The second kappa shape index (κ2) is 9.08. The Labute approximate surface area is 79.8 Å². The third kappa shape index (κ3) is 8.90. The lowest BCUT2D eigenvalue weighted by Gasteiger charge is -2.02. The van der Waals surface area contributed by atoms with Crippen LogP contribution in [-0.4, -0.2) is 25.7 Å². The Bertz CT molecular complexity index is 172. The molecule has 0 atom stereocenters. The van der Waals surface area contributed by atoms with Crippen molar-refractivity contribution in [3.05, 3.63) is 0 Å². The predicted octanol–water partition coefficient (Wildman–Crippen LogP) is 0.943. The first-order valence-electron chi connectivity index (χ1n) is 4.61. The van der Waals surface area contributed by atoms with Gasteiger partial charge in [0.05, 0.1) is 13.0 Å². The normalized spacial score (nSPS) is 9.23. The molecule has 0 aliphatic heterocycles. The molecule has 3 heteroatoms. The molecule has 0 aromatic heterocycles. The van der Waals surface area contributed by atoms with Crippen LogP contribution in [0.3, 0.4) is 0 Å². The number of terminal acetylenes is 1. The van der Waals surface area contributed by atoms with Crippen LogP contribution in [0.15, 0.2) is 0 Å². The summed E-state index contributed by atoms with van der Waals surface area (Å²) in [7, 11) is 0. The molecule has 13 heavy (non-hydrogen) atoms. The standard InChI is InChI=1S/C10H17NO2/c1-3-5-6-8-11-9-7-10(12)13-4-2/h1,11H,4-9H2,2H3. The van der Waals surface area contributed by atoms with Gasteiger partial charge in [-0.3, -0.25) is 4.79 Å². The lowest BCUT2D eigenvalue weighted by molar-refractivity contribution is -0.142. The maximum Gasteiger partial charge on any atom is 0.307 e. The third-order valence-corrected chi connectivity index (χ3v) is 1.49. The Morgan fingerprint density at radius 1 is 1.54 bits per heavy atom. The number of nitrogens with one attached hydrogen (secondary N) is 1. The van der Waals surface area contributed by atoms with Crippen LogP contribution in [-0.2, 0) is 9.53 Å². The minimum atomic E-state index is -0.146. The highest BCUT2D eigenvalue weighted by Crippen LogP contribution is 1.86. The molecule has 1 N–H and O–H groups in total. The topological polar surface area (TPSA) is 38.3 Å². The summed E-state index contributed by atoms with van der Waals surface area (Å²) in [5, 5.41) is 3.11. The van der Waals surface area contributed by atoms with Crippen molar-refractivity contribution >= 4 is 5.97 Å². The van der Waals surface area contributed by atoms with E-state index in [2.05, 4.69) is 11.2 Å². The highest BCUT2D eigenvalue weighted by Gasteiger charge is 1.99. The number of rotatable bonds is 7. The van der Waals surface area contributed by atoms with E-state index in [1.807, 2.05) is 0 Å². The van der Waals surface area contributed by atoms with Gasteiger partial charge < -0.3 is 10.1 Å². The Morgan fingerprint density at radius 2 is 2.31 bits per heavy atom. The van der Waals surface area contributed by atoms with Crippen molar-refractivity contribution in [2.24, 2.45) is 0 Å². The number of hydrogen-bond acceptors (Lipinski definition) is 3. The van der Waals surface area contributed by atoms with E-state index >= 15 is 0 Å². The van der Waals surface area contributed by atoms with Crippen LogP contribution >= 0.6 is 0 Å². The molecule has 0 aliphatic rings. The SMILES string of the molecule is C#CCCCNCCC(=O)OCC. The van der Waals surface area contributed by atoms with Crippen molar-refractivity contribution in [2.75, 3.05) is 19.7 Å². The fourth-order valence-corrected chi connectivity index (χ4v) is 0.864. The monoisotopic (exact) mass is 183 g/mol. The van der Waals surface area contributed by atoms with E-state index < -0.39 is 0 Å². The molecule has 0 aliphatic carbocycles. The van der Waals surface area contributed by atoms with Crippen LogP contribution in [0.25, 0.3) is 0 Å². The van der Waals surface area contributed by atoms with Gasteiger partial charge in [-0.25, -0.2) is 0 Å². The lowest BCUT2D eigenvalue weighted by Crippen LogP contribution is -2.20. The first-order chi connectivity index (χ1) is 6.31. The molecule has 0 radical (unpaired) electrons. The molecule has 0 amide bonds. The Balaban J connectivity index is 3.07. The zero-order valence-corrected chi connectivity index (χ0v) is 8.14. The molecule has 0 unspecified atom stereocenters. The molecule has 0 aromatic carbocycles. The van der Waals surface area contributed by atoms with E-state index in [1.165, 1.54) is 0 Å². The second-order valence-electron chi connectivity index (χ2n) is 2.61. The fraction of sp³-hybridized carbons (Fsp3) is 0.700. The van der Waals surface area contributed by atoms with Crippen molar-refractivity contribution in [3.8, 4) is 12.3 Å². The number of carbonyl (C=O) groups is 1. The third-order valence-electron chi connectivity index (χ3n) is 1.49. The minimum Gasteiger partial charge on any atom is -0.466 e. The van der Waals surface area contributed by atoms with E-state index in [4.69, 9.17) is 11.2 Å². The Hall–Kier alpha value is -1.01. The van der Waals surface area contributed by atoms with Gasteiger partial charge >= 0.3 is 5.97 Å². The largest absolute Gasteiger partial charge is 0.466 e. The quantitative estimate of drug-likeness (QED) is 0.363. The highest BCUT2D eigenvalue weighted by molar-refractivity contribution is 5.69. The van der Waals surface area contributed by atoms with Gasteiger partial charge in [0.25, 0.3) is 0 Å². The summed E-state index contributed by atoms with van der Waals surface area (Å²) in [6, 6.07) is 0. The Kier molecular flexibility index (Phi) is 8.38. The van der Waals surface area contributed by atoms with Crippen LogP contribution < -0.4 is 5.32 Å². The number of unbranched alkanes of at least 4 members (excludes halogenated alkanes) is 1. The van der Waals surface area contributed by atoms with Crippen molar-refractivity contribution < 1.29 is 9.53 Å². The average molecular weight is 183 g/mol. The van der Waals surface area contributed by atoms with Gasteiger partial charge in [0.15, 0.2) is 0 Å². The van der Waals surface area contributed by atoms with Gasteiger partial charge in [-0.2, -0.15) is 0 Å². The lowest BCUT2D eigenvalue weighted by atomic mass is 10.3. The molecule has 0 saturated carbocycles. The first-order valence-corrected chi connectivity index (χ1v) is 4.61. The van der Waals surface area contributed by atoms with E-state index in [0.717, 1.165) is 19.4 Å². The summed E-state index contributed by atoms with van der Waals surface area (Å²) >= 11 is 0.